The van der Waals surface area contributed by atoms with Crippen molar-refractivity contribution < 1.29 is 4.79 Å². The highest BCUT2D eigenvalue weighted by atomic mass is 35.5. The second kappa shape index (κ2) is 5.27. The maximum absolute atomic E-state index is 11.7. The van der Waals surface area contributed by atoms with Gasteiger partial charge in [-0.25, -0.2) is 0 Å². The van der Waals surface area contributed by atoms with Gasteiger partial charge in [-0.05, 0) is 18.4 Å². The Kier molecular flexibility index (Phi) is 3.72. The summed E-state index contributed by atoms with van der Waals surface area (Å²) in [6.07, 6.45) is 0.272. The summed E-state index contributed by atoms with van der Waals surface area (Å²) in [6.45, 7) is 1.78. The first-order valence-electron chi connectivity index (χ1n) is 5.79. The van der Waals surface area contributed by atoms with E-state index in [1.54, 1.807) is 6.92 Å². The molecule has 2 aromatic carbocycles. The van der Waals surface area contributed by atoms with Crippen molar-refractivity contribution in [2.45, 2.75) is 18.7 Å². The van der Waals surface area contributed by atoms with Gasteiger partial charge in [0.15, 0.2) is 0 Å². The van der Waals surface area contributed by atoms with Gasteiger partial charge in [0.2, 0.25) is 5.91 Å². The third-order valence-electron chi connectivity index (χ3n) is 2.71. The van der Waals surface area contributed by atoms with Crippen molar-refractivity contribution in [3.05, 3.63) is 36.4 Å². The third-order valence-corrected chi connectivity index (χ3v) is 2.87. The van der Waals surface area contributed by atoms with Crippen LogP contribution in [0.2, 0.25) is 0 Å². The van der Waals surface area contributed by atoms with Gasteiger partial charge in [0.05, 0.1) is 11.4 Å². The van der Waals surface area contributed by atoms with Crippen LogP contribution in [0.4, 0.5) is 11.4 Å². The van der Waals surface area contributed by atoms with Gasteiger partial charge in [-0.2, -0.15) is 0 Å². The molecule has 0 bridgehead atoms. The molecule has 3 N–H and O–H groups in total. The van der Waals surface area contributed by atoms with Crippen LogP contribution in [-0.2, 0) is 4.79 Å². The molecule has 0 aromatic heterocycles. The zero-order valence-electron chi connectivity index (χ0n) is 10.1. The van der Waals surface area contributed by atoms with Crippen LogP contribution in [0.25, 0.3) is 10.8 Å². The number of alkyl halides is 1. The largest absolute Gasteiger partial charge is 0.397 e. The lowest BCUT2D eigenvalue weighted by atomic mass is 10.1. The Morgan fingerprint density at radius 1 is 1.33 bits per heavy atom. The molecule has 18 heavy (non-hydrogen) atoms. The predicted molar refractivity (Wildman–Crippen MR) is 76.9 cm³/mol. The molecule has 1 unspecified atom stereocenters. The molecule has 3 nitrogen and oxygen atoms in total. The van der Waals surface area contributed by atoms with Gasteiger partial charge in [0.1, 0.15) is 0 Å². The zero-order valence-corrected chi connectivity index (χ0v) is 10.9. The van der Waals surface area contributed by atoms with Crippen LogP contribution < -0.4 is 11.1 Å². The summed E-state index contributed by atoms with van der Waals surface area (Å²) in [4.78, 5) is 11.7. The number of carbonyl (C=O) groups is 1. The fourth-order valence-electron chi connectivity index (χ4n) is 1.86. The van der Waals surface area contributed by atoms with Crippen LogP contribution in [0.5, 0.6) is 0 Å². The predicted octanol–water partition coefficient (Wildman–Crippen LogP) is 3.38. The molecule has 2 aromatic rings. The summed E-state index contributed by atoms with van der Waals surface area (Å²) in [5.74, 6) is -0.125. The number of nitrogen functional groups attached to an aromatic ring is 1. The van der Waals surface area contributed by atoms with E-state index in [-0.39, 0.29) is 17.7 Å². The fourth-order valence-corrected chi connectivity index (χ4v) is 2.00. The molecule has 4 heteroatoms. The Bertz CT molecular complexity index is 581. The van der Waals surface area contributed by atoms with Crippen LogP contribution in [0.1, 0.15) is 13.3 Å². The Morgan fingerprint density at radius 2 is 2.06 bits per heavy atom. The molecule has 0 saturated heterocycles. The summed E-state index contributed by atoms with van der Waals surface area (Å²) in [6, 6.07) is 11.5. The SMILES string of the molecule is CC(Cl)CC(=O)Nc1ccc2ccccc2c1N. The number of amides is 1. The minimum atomic E-state index is -0.188. The number of fused-ring (bicyclic) bond motifs is 1. The lowest BCUT2D eigenvalue weighted by molar-refractivity contribution is -0.116. The second-order valence-corrected chi connectivity index (χ2v) is 5.03. The fraction of sp³-hybridized carbons (Fsp3) is 0.214. The number of carbonyl (C=O) groups excluding carboxylic acids is 1. The molecular formula is C14H15ClN2O. The van der Waals surface area contributed by atoms with Gasteiger partial charge < -0.3 is 11.1 Å². The first-order valence-corrected chi connectivity index (χ1v) is 6.22. The summed E-state index contributed by atoms with van der Waals surface area (Å²) >= 11 is 5.78. The van der Waals surface area contributed by atoms with E-state index in [9.17, 15) is 4.79 Å². The summed E-state index contributed by atoms with van der Waals surface area (Å²) in [5.41, 5.74) is 7.27. The first-order chi connectivity index (χ1) is 8.58. The summed E-state index contributed by atoms with van der Waals surface area (Å²) in [7, 11) is 0. The van der Waals surface area contributed by atoms with Crippen molar-refractivity contribution in [3.63, 3.8) is 0 Å². The van der Waals surface area contributed by atoms with E-state index in [1.807, 2.05) is 36.4 Å². The van der Waals surface area contributed by atoms with Crippen molar-refractivity contribution in [2.75, 3.05) is 11.1 Å². The van der Waals surface area contributed by atoms with Gasteiger partial charge in [-0.15, -0.1) is 11.6 Å². The van der Waals surface area contributed by atoms with Gasteiger partial charge in [0, 0.05) is 17.2 Å². The zero-order chi connectivity index (χ0) is 13.1. The molecule has 1 atom stereocenters. The third kappa shape index (κ3) is 2.74. The summed E-state index contributed by atoms with van der Waals surface area (Å²) < 4.78 is 0. The maximum Gasteiger partial charge on any atom is 0.225 e. The van der Waals surface area contributed by atoms with E-state index in [2.05, 4.69) is 5.32 Å². The number of hydrogen-bond donors (Lipinski definition) is 2. The molecule has 0 spiro atoms. The van der Waals surface area contributed by atoms with Crippen LogP contribution in [0.15, 0.2) is 36.4 Å². The van der Waals surface area contributed by atoms with Crippen molar-refractivity contribution in [3.8, 4) is 0 Å². The molecule has 2 rings (SSSR count). The molecule has 0 radical (unpaired) electrons. The van der Waals surface area contributed by atoms with Gasteiger partial charge in [-0.3, -0.25) is 4.79 Å². The standard InChI is InChI=1S/C14H15ClN2O/c1-9(15)8-13(18)17-12-7-6-10-4-2-3-5-11(10)14(12)16/h2-7,9H,8,16H2,1H3,(H,17,18). The van der Waals surface area contributed by atoms with Crippen LogP contribution in [0, 0.1) is 0 Å². The quantitative estimate of drug-likeness (QED) is 0.658. The average Bonchev–Trinajstić information content (AvgIpc) is 2.32. The van der Waals surface area contributed by atoms with Crippen LogP contribution in [-0.4, -0.2) is 11.3 Å². The number of halogens is 1. The molecular weight excluding hydrogens is 248 g/mol. The van der Waals surface area contributed by atoms with Crippen molar-refractivity contribution >= 4 is 39.7 Å². The van der Waals surface area contributed by atoms with E-state index < -0.39 is 0 Å². The molecule has 1 amide bonds. The molecule has 0 fully saturated rings. The second-order valence-electron chi connectivity index (χ2n) is 4.28. The number of nitrogens with one attached hydrogen (secondary N) is 1. The number of hydrogen-bond acceptors (Lipinski definition) is 2. The van der Waals surface area contributed by atoms with Crippen molar-refractivity contribution in [1.82, 2.24) is 0 Å². The highest BCUT2D eigenvalue weighted by Crippen LogP contribution is 2.28. The van der Waals surface area contributed by atoms with E-state index in [4.69, 9.17) is 17.3 Å². The summed E-state index contributed by atoms with van der Waals surface area (Å²) in [5, 5.41) is 4.59. The van der Waals surface area contributed by atoms with Crippen LogP contribution >= 0.6 is 11.6 Å². The smallest absolute Gasteiger partial charge is 0.225 e. The average molecular weight is 263 g/mol. The van der Waals surface area contributed by atoms with Crippen molar-refractivity contribution in [1.29, 1.82) is 0 Å². The minimum absolute atomic E-state index is 0.125. The Morgan fingerprint density at radius 3 is 2.78 bits per heavy atom. The number of benzene rings is 2. The van der Waals surface area contributed by atoms with Crippen LogP contribution in [0.3, 0.4) is 0 Å². The Labute approximate surface area is 111 Å². The number of anilines is 2. The lowest BCUT2D eigenvalue weighted by Crippen LogP contribution is -2.16. The van der Waals surface area contributed by atoms with Gasteiger partial charge in [-0.1, -0.05) is 30.3 Å². The maximum atomic E-state index is 11.7. The molecule has 0 heterocycles. The van der Waals surface area contributed by atoms with Gasteiger partial charge in [0.25, 0.3) is 0 Å². The van der Waals surface area contributed by atoms with E-state index >= 15 is 0 Å². The topological polar surface area (TPSA) is 55.1 Å². The Balaban J connectivity index is 2.29. The number of rotatable bonds is 3. The van der Waals surface area contributed by atoms with E-state index in [1.165, 1.54) is 0 Å². The minimum Gasteiger partial charge on any atom is -0.397 e. The normalized spacial score (nSPS) is 12.3. The first kappa shape index (κ1) is 12.7. The Hall–Kier alpha value is -1.74. The molecule has 0 aliphatic heterocycles. The highest BCUT2D eigenvalue weighted by Gasteiger charge is 2.09. The van der Waals surface area contributed by atoms with E-state index in [0.29, 0.717) is 11.4 Å². The number of nitrogens with two attached hydrogens (primary N) is 1. The van der Waals surface area contributed by atoms with E-state index in [0.717, 1.165) is 10.8 Å². The molecule has 94 valence electrons. The highest BCUT2D eigenvalue weighted by molar-refractivity contribution is 6.21. The van der Waals surface area contributed by atoms with Crippen molar-refractivity contribution in [2.24, 2.45) is 0 Å². The monoisotopic (exact) mass is 262 g/mol. The lowest BCUT2D eigenvalue weighted by Gasteiger charge is -2.11. The molecule has 0 aliphatic rings. The molecule has 0 aliphatic carbocycles. The van der Waals surface area contributed by atoms with Gasteiger partial charge >= 0.3 is 0 Å². The molecule has 0 saturated carbocycles.